The Morgan fingerprint density at radius 2 is 1.58 bits per heavy atom. The van der Waals surface area contributed by atoms with Gasteiger partial charge in [-0.05, 0) is 75.5 Å². The fourth-order valence-electron chi connectivity index (χ4n) is 8.26. The monoisotopic (exact) mass is 332 g/mol. The van der Waals surface area contributed by atoms with Gasteiger partial charge in [0.05, 0.1) is 11.1 Å². The van der Waals surface area contributed by atoms with Gasteiger partial charge >= 0.3 is 0 Å². The lowest BCUT2D eigenvalue weighted by atomic mass is 9.40. The quantitative estimate of drug-likeness (QED) is 0.729. The van der Waals surface area contributed by atoms with E-state index in [-0.39, 0.29) is 0 Å². The molecule has 0 saturated heterocycles. The van der Waals surface area contributed by atoms with Crippen molar-refractivity contribution in [2.45, 2.75) is 77.3 Å². The minimum atomic E-state index is 0.360. The summed E-state index contributed by atoms with van der Waals surface area (Å²) in [6.45, 7) is 10.1. The van der Waals surface area contributed by atoms with Gasteiger partial charge in [-0.2, -0.15) is 14.1 Å². The summed E-state index contributed by atoms with van der Waals surface area (Å²) in [5.74, 6) is 7.39. The van der Waals surface area contributed by atoms with Gasteiger partial charge in [0, 0.05) is 24.2 Å². The molecule has 4 aliphatic carbocycles. The van der Waals surface area contributed by atoms with Gasteiger partial charge in [0.15, 0.2) is 0 Å². The topological polar surface area (TPSA) is 33.2 Å². The Kier molecular flexibility index (Phi) is 4.12. The van der Waals surface area contributed by atoms with Crippen molar-refractivity contribution in [1.82, 2.24) is 0 Å². The standard InChI is InChI=1S/C22H40N2/c1-13-11-15-12-14(2)22(4,24-6)18-8-7-17-20(19(15)18)16(13)9-10-21(17,3)23-5/h13-20H,5-12,23-24H2,1-4H3. The molecule has 4 rings (SSSR count). The van der Waals surface area contributed by atoms with Gasteiger partial charge in [-0.15, -0.1) is 0 Å². The summed E-state index contributed by atoms with van der Waals surface area (Å²) in [6.07, 6.45) is 8.62. The Bertz CT molecular complexity index is 490. The van der Waals surface area contributed by atoms with Crippen LogP contribution < -0.4 is 10.6 Å². The lowest BCUT2D eigenvalue weighted by Gasteiger charge is -2.66. The second-order valence-corrected chi connectivity index (χ2v) is 10.5. The zero-order chi connectivity index (χ0) is 17.3. The Labute approximate surface area is 149 Å². The van der Waals surface area contributed by atoms with Crippen LogP contribution in [0.1, 0.15) is 66.2 Å². The molecule has 0 aromatic heterocycles. The molecule has 2 heteroatoms. The molecule has 0 aromatic carbocycles. The normalized spacial score (nSPS) is 59.8. The molecule has 0 spiro atoms. The maximum Gasteiger partial charge on any atom is 0.0752 e. The molecule has 4 aliphatic rings. The molecule has 0 aliphatic heterocycles. The van der Waals surface area contributed by atoms with Crippen LogP contribution in [0.5, 0.6) is 0 Å². The van der Waals surface area contributed by atoms with Crippen LogP contribution in [-0.2, 0) is 0 Å². The van der Waals surface area contributed by atoms with E-state index in [1.165, 1.54) is 38.5 Å². The zero-order valence-electron chi connectivity index (χ0n) is 16.4. The lowest BCUT2D eigenvalue weighted by Crippen LogP contribution is -2.97. The van der Waals surface area contributed by atoms with E-state index in [9.17, 15) is 0 Å². The van der Waals surface area contributed by atoms with E-state index in [1.54, 1.807) is 0 Å². The van der Waals surface area contributed by atoms with E-state index >= 15 is 0 Å². The third-order valence-corrected chi connectivity index (χ3v) is 9.89. The Hall–Kier alpha value is -0.0800. The van der Waals surface area contributed by atoms with Gasteiger partial charge in [-0.1, -0.05) is 13.8 Å². The lowest BCUT2D eigenvalue weighted by molar-refractivity contribution is -0.702. The van der Waals surface area contributed by atoms with Crippen molar-refractivity contribution in [3.8, 4) is 0 Å². The molecule has 0 heterocycles. The molecule has 4 N–H and O–H groups in total. The molecule has 10 unspecified atom stereocenters. The number of rotatable bonds is 2. The van der Waals surface area contributed by atoms with Crippen molar-refractivity contribution in [2.75, 3.05) is 0 Å². The summed E-state index contributed by atoms with van der Waals surface area (Å²) >= 11 is 0. The molecule has 4 saturated carbocycles. The number of nitrogens with two attached hydrogens (primary N) is 2. The smallest absolute Gasteiger partial charge is 0.0752 e. The van der Waals surface area contributed by atoms with Gasteiger partial charge in [0.2, 0.25) is 0 Å². The first-order chi connectivity index (χ1) is 11.4. The van der Waals surface area contributed by atoms with Gasteiger partial charge in [-0.3, -0.25) is 0 Å². The third-order valence-electron chi connectivity index (χ3n) is 9.89. The van der Waals surface area contributed by atoms with Crippen molar-refractivity contribution in [3.05, 3.63) is 14.1 Å². The van der Waals surface area contributed by atoms with Crippen LogP contribution in [0.15, 0.2) is 0 Å². The predicted octanol–water partition coefficient (Wildman–Crippen LogP) is 2.58. The SMILES string of the molecule is [CH2-][NH2+]C1(C)CCC2C(C)CC3CC(C)C(C)([NH2+][CH2-])C4CCC1C2C34. The van der Waals surface area contributed by atoms with E-state index in [0.29, 0.717) is 11.1 Å². The predicted molar refractivity (Wildman–Crippen MR) is 98.3 cm³/mol. The average Bonchev–Trinajstić information content (AvgIpc) is 2.58. The summed E-state index contributed by atoms with van der Waals surface area (Å²) in [5.41, 5.74) is 0.751. The molecular weight excluding hydrogens is 292 g/mol. The minimum absolute atomic E-state index is 0.360. The van der Waals surface area contributed by atoms with Crippen LogP contribution in [0.2, 0.25) is 0 Å². The van der Waals surface area contributed by atoms with Crippen molar-refractivity contribution in [3.63, 3.8) is 0 Å². The van der Waals surface area contributed by atoms with Crippen molar-refractivity contribution < 1.29 is 10.6 Å². The Balaban J connectivity index is 1.75. The van der Waals surface area contributed by atoms with E-state index in [4.69, 9.17) is 0 Å². The zero-order valence-corrected chi connectivity index (χ0v) is 16.4. The molecule has 24 heavy (non-hydrogen) atoms. The van der Waals surface area contributed by atoms with Crippen molar-refractivity contribution >= 4 is 0 Å². The molecule has 0 amide bonds. The van der Waals surface area contributed by atoms with Crippen LogP contribution in [0.4, 0.5) is 0 Å². The van der Waals surface area contributed by atoms with Crippen LogP contribution in [0, 0.1) is 61.4 Å². The highest BCUT2D eigenvalue weighted by molar-refractivity contribution is 5.11. The Morgan fingerprint density at radius 1 is 0.875 bits per heavy atom. The van der Waals surface area contributed by atoms with Crippen molar-refractivity contribution in [2.24, 2.45) is 47.3 Å². The first-order valence-corrected chi connectivity index (χ1v) is 10.6. The van der Waals surface area contributed by atoms with Crippen LogP contribution in [0.25, 0.3) is 0 Å². The molecule has 0 aromatic rings. The Morgan fingerprint density at radius 3 is 2.25 bits per heavy atom. The van der Waals surface area contributed by atoms with Crippen molar-refractivity contribution in [1.29, 1.82) is 0 Å². The van der Waals surface area contributed by atoms with Gasteiger partial charge < -0.3 is 10.6 Å². The van der Waals surface area contributed by atoms with E-state index in [1.807, 2.05) is 0 Å². The second-order valence-electron chi connectivity index (χ2n) is 10.5. The molecule has 0 bridgehead atoms. The summed E-state index contributed by atoms with van der Waals surface area (Å²) in [4.78, 5) is 0. The molecule has 0 radical (unpaired) electrons. The highest BCUT2D eigenvalue weighted by atomic mass is 15.0. The summed E-state index contributed by atoms with van der Waals surface area (Å²) in [5, 5.41) is 4.68. The number of hydrogen-bond donors (Lipinski definition) is 2. The van der Waals surface area contributed by atoms with Crippen LogP contribution in [-0.4, -0.2) is 11.1 Å². The summed E-state index contributed by atoms with van der Waals surface area (Å²) < 4.78 is 0. The van der Waals surface area contributed by atoms with Gasteiger partial charge in [-0.25, -0.2) is 0 Å². The highest BCUT2D eigenvalue weighted by Crippen LogP contribution is 2.64. The molecule has 4 fully saturated rings. The fourth-order valence-corrected chi connectivity index (χ4v) is 8.26. The molecule has 138 valence electrons. The molecular formula is C22H40N2. The largest absolute Gasteiger partial charge is 0.474 e. The number of quaternary nitrogens is 2. The molecule has 2 nitrogen and oxygen atoms in total. The maximum absolute atomic E-state index is 4.31. The van der Waals surface area contributed by atoms with Crippen LogP contribution >= 0.6 is 0 Å². The average molecular weight is 333 g/mol. The number of hydrogen-bond acceptors (Lipinski definition) is 0. The summed E-state index contributed by atoms with van der Waals surface area (Å²) in [7, 11) is 8.58. The van der Waals surface area contributed by atoms with E-state index in [0.717, 1.165) is 47.3 Å². The maximum atomic E-state index is 4.31. The summed E-state index contributed by atoms with van der Waals surface area (Å²) in [6, 6.07) is 0. The minimum Gasteiger partial charge on any atom is -0.474 e. The van der Waals surface area contributed by atoms with Crippen LogP contribution in [0.3, 0.4) is 0 Å². The first-order valence-electron chi connectivity index (χ1n) is 10.6. The first kappa shape index (κ1) is 17.3. The highest BCUT2D eigenvalue weighted by Gasteiger charge is 2.63. The van der Waals surface area contributed by atoms with E-state index < -0.39 is 0 Å². The van der Waals surface area contributed by atoms with Gasteiger partial charge in [0.1, 0.15) is 0 Å². The second kappa shape index (κ2) is 5.71. The molecule has 10 atom stereocenters. The third kappa shape index (κ3) is 2.14. The fraction of sp³-hybridized carbons (Fsp3) is 0.909. The van der Waals surface area contributed by atoms with E-state index in [2.05, 4.69) is 52.4 Å². The van der Waals surface area contributed by atoms with Gasteiger partial charge in [0.25, 0.3) is 0 Å².